The van der Waals surface area contributed by atoms with Gasteiger partial charge in [-0.25, -0.2) is 8.42 Å². The Bertz CT molecular complexity index is 926. The fourth-order valence-electron chi connectivity index (χ4n) is 2.87. The molecule has 2 aromatic carbocycles. The van der Waals surface area contributed by atoms with E-state index in [2.05, 4.69) is 6.58 Å². The van der Waals surface area contributed by atoms with Gasteiger partial charge >= 0.3 is 0 Å². The fraction of sp³-hybridized carbons (Fsp3) is 0.211. The highest BCUT2D eigenvalue weighted by atomic mass is 32.2. The van der Waals surface area contributed by atoms with Crippen molar-refractivity contribution in [2.24, 2.45) is 0 Å². The Kier molecular flexibility index (Phi) is 4.99. The highest BCUT2D eigenvalue weighted by Crippen LogP contribution is 2.35. The minimum Gasteiger partial charge on any atom is -0.489 e. The molecule has 0 aromatic heterocycles. The average Bonchev–Trinajstić information content (AvgIpc) is 2.65. The summed E-state index contributed by atoms with van der Waals surface area (Å²) in [7, 11) is -3.81. The van der Waals surface area contributed by atoms with E-state index in [0.29, 0.717) is 30.3 Å². The Morgan fingerprint density at radius 3 is 2.65 bits per heavy atom. The maximum Gasteiger partial charge on any atom is 0.264 e. The molecule has 26 heavy (non-hydrogen) atoms. The summed E-state index contributed by atoms with van der Waals surface area (Å²) in [6.07, 6.45) is 1.54. The predicted octanol–water partition coefficient (Wildman–Crippen LogP) is 2.81. The van der Waals surface area contributed by atoms with Gasteiger partial charge in [0.2, 0.25) is 5.91 Å². The lowest BCUT2D eigenvalue weighted by molar-refractivity contribution is -0.116. The summed E-state index contributed by atoms with van der Waals surface area (Å²) in [6.45, 7) is 6.04. The van der Waals surface area contributed by atoms with Gasteiger partial charge in [0, 0.05) is 13.0 Å². The number of hydrogen-bond donors (Lipinski definition) is 0. The lowest BCUT2D eigenvalue weighted by Crippen LogP contribution is -2.36. The van der Waals surface area contributed by atoms with E-state index in [1.165, 1.54) is 29.4 Å². The predicted molar refractivity (Wildman–Crippen MR) is 101 cm³/mol. The van der Waals surface area contributed by atoms with Crippen molar-refractivity contribution >= 4 is 27.3 Å². The van der Waals surface area contributed by atoms with Crippen molar-refractivity contribution in [2.45, 2.75) is 11.8 Å². The van der Waals surface area contributed by atoms with Crippen molar-refractivity contribution in [3.63, 3.8) is 0 Å². The zero-order valence-corrected chi connectivity index (χ0v) is 15.3. The van der Waals surface area contributed by atoms with E-state index in [1.54, 1.807) is 35.2 Å². The van der Waals surface area contributed by atoms with E-state index in [0.717, 1.165) is 0 Å². The summed E-state index contributed by atoms with van der Waals surface area (Å²) < 4.78 is 33.2. The quantitative estimate of drug-likeness (QED) is 0.757. The van der Waals surface area contributed by atoms with Crippen LogP contribution in [0.3, 0.4) is 0 Å². The van der Waals surface area contributed by atoms with Gasteiger partial charge in [-0.15, -0.1) is 6.58 Å². The molecule has 3 rings (SSSR count). The molecule has 0 N–H and O–H groups in total. The van der Waals surface area contributed by atoms with E-state index in [1.807, 2.05) is 6.07 Å². The number of para-hydroxylation sites is 1. The molecule has 0 bridgehead atoms. The number of amides is 1. The minimum atomic E-state index is -3.81. The molecule has 0 saturated carbocycles. The summed E-state index contributed by atoms with van der Waals surface area (Å²) in [4.78, 5) is 13.4. The maximum atomic E-state index is 13.2. The van der Waals surface area contributed by atoms with E-state index in [-0.39, 0.29) is 17.3 Å². The first kappa shape index (κ1) is 18.0. The molecule has 136 valence electrons. The molecule has 1 aliphatic rings. The molecule has 1 aliphatic heterocycles. The third-order valence-corrected chi connectivity index (χ3v) is 5.89. The molecule has 0 spiro atoms. The van der Waals surface area contributed by atoms with Crippen LogP contribution in [0.25, 0.3) is 0 Å². The van der Waals surface area contributed by atoms with Crippen LogP contribution in [-0.2, 0) is 14.8 Å². The van der Waals surface area contributed by atoms with Crippen LogP contribution in [-0.4, -0.2) is 34.0 Å². The Morgan fingerprint density at radius 1 is 1.27 bits per heavy atom. The first-order valence-corrected chi connectivity index (χ1v) is 9.63. The molecule has 7 heteroatoms. The molecule has 1 heterocycles. The smallest absolute Gasteiger partial charge is 0.264 e. The molecule has 0 unspecified atom stereocenters. The van der Waals surface area contributed by atoms with Crippen LogP contribution in [0, 0.1) is 0 Å². The second kappa shape index (κ2) is 7.21. The zero-order chi connectivity index (χ0) is 18.7. The van der Waals surface area contributed by atoms with Gasteiger partial charge < -0.3 is 9.64 Å². The van der Waals surface area contributed by atoms with Crippen LogP contribution in [0.2, 0.25) is 0 Å². The summed E-state index contributed by atoms with van der Waals surface area (Å²) >= 11 is 0. The molecule has 0 aliphatic carbocycles. The summed E-state index contributed by atoms with van der Waals surface area (Å²) in [6, 6.07) is 13.4. The molecule has 0 saturated heterocycles. The monoisotopic (exact) mass is 372 g/mol. The number of ether oxygens (including phenoxy) is 1. The van der Waals surface area contributed by atoms with Crippen molar-refractivity contribution in [1.82, 2.24) is 0 Å². The van der Waals surface area contributed by atoms with Crippen LogP contribution in [0.1, 0.15) is 6.92 Å². The SMILES string of the molecule is C=CCN(c1ccccc1)S(=O)(=O)c1ccc2c(c1)OCCN2C(C)=O. The Hall–Kier alpha value is -2.80. The second-order valence-corrected chi connectivity index (χ2v) is 7.67. The van der Waals surface area contributed by atoms with Crippen LogP contribution in [0.5, 0.6) is 5.75 Å². The third kappa shape index (κ3) is 3.30. The van der Waals surface area contributed by atoms with E-state index < -0.39 is 10.0 Å². The van der Waals surface area contributed by atoms with E-state index in [4.69, 9.17) is 4.74 Å². The summed E-state index contributed by atoms with van der Waals surface area (Å²) in [5.74, 6) is 0.280. The molecular weight excluding hydrogens is 352 g/mol. The van der Waals surface area contributed by atoms with Gasteiger partial charge in [0.15, 0.2) is 0 Å². The first-order chi connectivity index (χ1) is 12.4. The van der Waals surface area contributed by atoms with Crippen molar-refractivity contribution in [2.75, 3.05) is 28.9 Å². The highest BCUT2D eigenvalue weighted by molar-refractivity contribution is 7.92. The maximum absolute atomic E-state index is 13.2. The lowest BCUT2D eigenvalue weighted by Gasteiger charge is -2.29. The standard InChI is InChI=1S/C19H20N2O4S/c1-3-11-21(16-7-5-4-6-8-16)26(23,24)17-9-10-18-19(14-17)25-13-12-20(18)15(2)22/h3-10,14H,1,11-13H2,2H3. The number of hydrogen-bond acceptors (Lipinski definition) is 4. The largest absolute Gasteiger partial charge is 0.489 e. The molecule has 0 atom stereocenters. The first-order valence-electron chi connectivity index (χ1n) is 8.19. The van der Waals surface area contributed by atoms with E-state index in [9.17, 15) is 13.2 Å². The van der Waals surface area contributed by atoms with Crippen molar-refractivity contribution in [3.8, 4) is 5.75 Å². The number of sulfonamides is 1. The van der Waals surface area contributed by atoms with Crippen molar-refractivity contribution in [1.29, 1.82) is 0 Å². The van der Waals surface area contributed by atoms with E-state index >= 15 is 0 Å². The number of nitrogens with zero attached hydrogens (tertiary/aromatic N) is 2. The number of carbonyl (C=O) groups excluding carboxylic acids is 1. The van der Waals surface area contributed by atoms with Gasteiger partial charge in [0.05, 0.1) is 29.4 Å². The normalized spacial score (nSPS) is 13.5. The van der Waals surface area contributed by atoms with Crippen LogP contribution < -0.4 is 13.9 Å². The topological polar surface area (TPSA) is 66.9 Å². The molecule has 6 nitrogen and oxygen atoms in total. The Morgan fingerprint density at radius 2 is 2.00 bits per heavy atom. The zero-order valence-electron chi connectivity index (χ0n) is 14.5. The minimum absolute atomic E-state index is 0.104. The van der Waals surface area contributed by atoms with Crippen LogP contribution in [0.15, 0.2) is 66.1 Å². The van der Waals surface area contributed by atoms with Crippen molar-refractivity contribution in [3.05, 3.63) is 61.2 Å². The molecule has 1 amide bonds. The number of carbonyl (C=O) groups is 1. The van der Waals surface area contributed by atoms with Gasteiger partial charge in [-0.1, -0.05) is 24.3 Å². The van der Waals surface area contributed by atoms with Crippen LogP contribution in [0.4, 0.5) is 11.4 Å². The third-order valence-electron chi connectivity index (χ3n) is 4.10. The highest BCUT2D eigenvalue weighted by Gasteiger charge is 2.28. The molecule has 0 radical (unpaired) electrons. The van der Waals surface area contributed by atoms with Gasteiger partial charge in [0.1, 0.15) is 12.4 Å². The Labute approximate surface area is 153 Å². The second-order valence-electron chi connectivity index (χ2n) is 5.81. The lowest BCUT2D eigenvalue weighted by atomic mass is 10.2. The van der Waals surface area contributed by atoms with Gasteiger partial charge in [-0.05, 0) is 24.3 Å². The van der Waals surface area contributed by atoms with Crippen molar-refractivity contribution < 1.29 is 17.9 Å². The number of rotatable bonds is 5. The summed E-state index contributed by atoms with van der Waals surface area (Å²) in [5.41, 5.74) is 1.13. The number of anilines is 2. The average molecular weight is 372 g/mol. The number of benzene rings is 2. The summed E-state index contributed by atoms with van der Waals surface area (Å²) in [5, 5.41) is 0. The molecular formula is C19H20N2O4S. The Balaban J connectivity index is 2.04. The molecule has 2 aromatic rings. The van der Waals surface area contributed by atoms with Crippen LogP contribution >= 0.6 is 0 Å². The van der Waals surface area contributed by atoms with Gasteiger partial charge in [0.25, 0.3) is 10.0 Å². The van der Waals surface area contributed by atoms with Gasteiger partial charge in [-0.3, -0.25) is 9.10 Å². The molecule has 0 fully saturated rings. The number of fused-ring (bicyclic) bond motifs is 1. The fourth-order valence-corrected chi connectivity index (χ4v) is 4.32. The van der Waals surface area contributed by atoms with Gasteiger partial charge in [-0.2, -0.15) is 0 Å².